The molecule has 0 nitrogen and oxygen atoms in total. The maximum atomic E-state index is 14.3. The van der Waals surface area contributed by atoms with Crippen molar-refractivity contribution < 1.29 is 79.0 Å². The van der Waals surface area contributed by atoms with Crippen LogP contribution < -0.4 is 0 Å². The summed E-state index contributed by atoms with van der Waals surface area (Å²) in [5, 5.41) is 0. The summed E-state index contributed by atoms with van der Waals surface area (Å²) in [6.45, 7) is 0. The van der Waals surface area contributed by atoms with Gasteiger partial charge in [0, 0.05) is 0 Å². The second-order valence-electron chi connectivity index (χ2n) is 6.12. The first-order chi connectivity index (χ1) is 15.0. The first-order valence-corrected chi connectivity index (χ1v) is 7.65. The van der Waals surface area contributed by atoms with Crippen molar-refractivity contribution in [2.45, 2.75) is 24.7 Å². The average Bonchev–Trinajstić information content (AvgIpc) is 2.51. The molecule has 0 aliphatic carbocycles. The van der Waals surface area contributed by atoms with Crippen molar-refractivity contribution in [3.05, 3.63) is 57.2 Å². The molecule has 0 spiro atoms. The number of alkyl halides is 12. The van der Waals surface area contributed by atoms with Crippen LogP contribution in [0.1, 0.15) is 22.3 Å². The number of halogens is 18. The number of hydrogen-bond donors (Lipinski definition) is 0. The fourth-order valence-electron chi connectivity index (χ4n) is 2.76. The summed E-state index contributed by atoms with van der Waals surface area (Å²) in [6, 6.07) is 0. The summed E-state index contributed by atoms with van der Waals surface area (Å²) in [7, 11) is 0. The zero-order valence-corrected chi connectivity index (χ0v) is 14.8. The molecule has 0 aliphatic rings. The third-order valence-electron chi connectivity index (χ3n) is 4.02. The van der Waals surface area contributed by atoms with E-state index in [1.54, 1.807) is 0 Å². The summed E-state index contributed by atoms with van der Waals surface area (Å²) in [6.07, 6.45) is -26.4. The van der Waals surface area contributed by atoms with E-state index < -0.39 is 93.0 Å². The van der Waals surface area contributed by atoms with Crippen LogP contribution in [0.5, 0.6) is 0 Å². The maximum Gasteiger partial charge on any atom is 0.422 e. The molecule has 2 rings (SSSR count). The molecule has 0 N–H and O–H groups in total. The molecule has 2 aromatic carbocycles. The van der Waals surface area contributed by atoms with Gasteiger partial charge < -0.3 is 0 Å². The molecular formula is C16F18. The van der Waals surface area contributed by atoms with Gasteiger partial charge in [0.15, 0.2) is 11.6 Å². The molecule has 2 aromatic rings. The Balaban J connectivity index is 3.37. The van der Waals surface area contributed by atoms with Crippen LogP contribution in [-0.4, -0.2) is 0 Å². The SMILES string of the molecule is Fc1c(-c2c(F)c(C(F)(F)F)c(F)c(C(F)(F)F)c2F)c(F)c(C(F)(F)F)c(F)c1C(F)(F)F. The van der Waals surface area contributed by atoms with Crippen LogP contribution in [0.3, 0.4) is 0 Å². The zero-order valence-electron chi connectivity index (χ0n) is 14.8. The molecular weight excluding hydrogens is 534 g/mol. The van der Waals surface area contributed by atoms with E-state index in [-0.39, 0.29) is 0 Å². The van der Waals surface area contributed by atoms with E-state index >= 15 is 0 Å². The van der Waals surface area contributed by atoms with Gasteiger partial charge >= 0.3 is 24.7 Å². The molecule has 0 aliphatic heterocycles. The van der Waals surface area contributed by atoms with Crippen molar-refractivity contribution >= 4 is 0 Å². The van der Waals surface area contributed by atoms with Crippen LogP contribution in [0.4, 0.5) is 79.0 Å². The number of hydrogen-bond acceptors (Lipinski definition) is 0. The van der Waals surface area contributed by atoms with Crippen LogP contribution in [0.2, 0.25) is 0 Å². The Kier molecular flexibility index (Phi) is 6.34. The standard InChI is InChI=1S/C16F18/c17-7-1(8(18)4(14(26,27)28)11(21)3(7)13(23,24)25)2-9(19)5(15(29,30)31)12(22)6(10(2)20)16(32,33)34. The van der Waals surface area contributed by atoms with Crippen molar-refractivity contribution in [2.75, 3.05) is 0 Å². The summed E-state index contributed by atoms with van der Waals surface area (Å²) in [5.41, 5.74) is -22.0. The lowest BCUT2D eigenvalue weighted by molar-refractivity contribution is -0.153. The second-order valence-corrected chi connectivity index (χ2v) is 6.12. The molecule has 34 heavy (non-hydrogen) atoms. The Morgan fingerprint density at radius 3 is 0.529 bits per heavy atom. The monoisotopic (exact) mass is 534 g/mol. The molecule has 0 atom stereocenters. The molecule has 18 heteroatoms. The lowest BCUT2D eigenvalue weighted by atomic mass is 9.91. The molecule has 0 heterocycles. The Morgan fingerprint density at radius 1 is 0.265 bits per heavy atom. The van der Waals surface area contributed by atoms with E-state index in [1.165, 1.54) is 0 Å². The first kappa shape index (κ1) is 27.4. The fourth-order valence-corrected chi connectivity index (χ4v) is 2.76. The average molecular weight is 534 g/mol. The van der Waals surface area contributed by atoms with E-state index in [4.69, 9.17) is 0 Å². The highest BCUT2D eigenvalue weighted by molar-refractivity contribution is 5.71. The van der Waals surface area contributed by atoms with Crippen LogP contribution in [-0.2, 0) is 24.7 Å². The van der Waals surface area contributed by atoms with E-state index in [0.29, 0.717) is 0 Å². The van der Waals surface area contributed by atoms with Crippen molar-refractivity contribution in [2.24, 2.45) is 0 Å². The fraction of sp³-hybridized carbons (Fsp3) is 0.250. The van der Waals surface area contributed by atoms with Gasteiger partial charge in [-0.2, -0.15) is 52.7 Å². The highest BCUT2D eigenvalue weighted by Gasteiger charge is 2.52. The number of rotatable bonds is 1. The van der Waals surface area contributed by atoms with Crippen molar-refractivity contribution in [3.63, 3.8) is 0 Å². The predicted octanol–water partition coefficient (Wildman–Crippen LogP) is 8.26. The van der Waals surface area contributed by atoms with Gasteiger partial charge in [-0.25, -0.2) is 26.3 Å². The van der Waals surface area contributed by atoms with Gasteiger partial charge in [-0.05, 0) is 0 Å². The lowest BCUT2D eigenvalue weighted by Gasteiger charge is -2.22. The van der Waals surface area contributed by atoms with E-state index in [9.17, 15) is 79.0 Å². The second kappa shape index (κ2) is 7.86. The van der Waals surface area contributed by atoms with Gasteiger partial charge in [-0.1, -0.05) is 0 Å². The van der Waals surface area contributed by atoms with Crippen LogP contribution >= 0.6 is 0 Å². The minimum Gasteiger partial charge on any atom is -0.205 e. The third kappa shape index (κ3) is 4.33. The summed E-state index contributed by atoms with van der Waals surface area (Å²) in [4.78, 5) is 0. The minimum absolute atomic E-state index is 3.45. The molecule has 0 bridgehead atoms. The summed E-state index contributed by atoms with van der Waals surface area (Å²) < 4.78 is 240. The zero-order chi connectivity index (χ0) is 26.9. The highest BCUT2D eigenvalue weighted by Crippen LogP contribution is 2.50. The van der Waals surface area contributed by atoms with Gasteiger partial charge in [-0.15, -0.1) is 0 Å². The quantitative estimate of drug-likeness (QED) is 0.324. The Morgan fingerprint density at radius 2 is 0.412 bits per heavy atom. The molecule has 0 fully saturated rings. The highest BCUT2D eigenvalue weighted by atomic mass is 19.4. The van der Waals surface area contributed by atoms with E-state index in [0.717, 1.165) is 0 Å². The van der Waals surface area contributed by atoms with Crippen molar-refractivity contribution in [1.29, 1.82) is 0 Å². The third-order valence-corrected chi connectivity index (χ3v) is 4.02. The van der Waals surface area contributed by atoms with Crippen molar-refractivity contribution in [3.8, 4) is 11.1 Å². The Hall–Kier alpha value is -2.82. The normalized spacial score (nSPS) is 13.6. The molecule has 0 aromatic heterocycles. The topological polar surface area (TPSA) is 0 Å². The van der Waals surface area contributed by atoms with Gasteiger partial charge in [0.25, 0.3) is 0 Å². The van der Waals surface area contributed by atoms with Gasteiger partial charge in [0.2, 0.25) is 0 Å². The number of benzene rings is 2. The smallest absolute Gasteiger partial charge is 0.205 e. The Labute approximate surface area is 173 Å². The summed E-state index contributed by atoms with van der Waals surface area (Å²) in [5.74, 6) is -22.6. The maximum absolute atomic E-state index is 14.3. The predicted molar refractivity (Wildman–Crippen MR) is 71.6 cm³/mol. The molecule has 0 radical (unpaired) electrons. The molecule has 0 saturated carbocycles. The van der Waals surface area contributed by atoms with E-state index in [1.807, 2.05) is 0 Å². The van der Waals surface area contributed by atoms with Crippen LogP contribution in [0, 0.1) is 34.9 Å². The molecule has 0 saturated heterocycles. The largest absolute Gasteiger partial charge is 0.422 e. The van der Waals surface area contributed by atoms with Gasteiger partial charge in [0.05, 0.1) is 11.1 Å². The van der Waals surface area contributed by atoms with Gasteiger partial charge in [-0.3, -0.25) is 0 Å². The summed E-state index contributed by atoms with van der Waals surface area (Å²) >= 11 is 0. The van der Waals surface area contributed by atoms with Gasteiger partial charge in [0.1, 0.15) is 45.5 Å². The minimum atomic E-state index is -6.59. The molecule has 190 valence electrons. The van der Waals surface area contributed by atoms with Crippen molar-refractivity contribution in [1.82, 2.24) is 0 Å². The van der Waals surface area contributed by atoms with Crippen LogP contribution in [0.15, 0.2) is 0 Å². The molecule has 0 amide bonds. The van der Waals surface area contributed by atoms with Crippen LogP contribution in [0.25, 0.3) is 11.1 Å². The molecule has 0 unspecified atom stereocenters. The Bertz CT molecular complexity index is 968. The first-order valence-electron chi connectivity index (χ1n) is 7.65. The van der Waals surface area contributed by atoms with E-state index in [2.05, 4.69) is 0 Å². The lowest BCUT2D eigenvalue weighted by Crippen LogP contribution is -2.24.